The molecule has 2 aromatic carbocycles. The normalized spacial score (nSPS) is 16.9. The monoisotopic (exact) mass is 538 g/mol. The highest BCUT2D eigenvalue weighted by molar-refractivity contribution is 7.98. The molecule has 0 spiro atoms. The summed E-state index contributed by atoms with van der Waals surface area (Å²) in [7, 11) is 1.36. The number of nitrogens with one attached hydrogen (secondary N) is 1. The zero-order valence-corrected chi connectivity index (χ0v) is 20.7. The van der Waals surface area contributed by atoms with Crippen molar-refractivity contribution < 1.29 is 9.59 Å². The van der Waals surface area contributed by atoms with Gasteiger partial charge in [-0.3, -0.25) is 9.69 Å². The van der Waals surface area contributed by atoms with E-state index in [1.165, 1.54) is 29.8 Å². The Kier molecular flexibility index (Phi) is 7.56. The molecule has 0 saturated carbocycles. The second-order valence-corrected chi connectivity index (χ2v) is 10.4. The van der Waals surface area contributed by atoms with Crippen LogP contribution in [0.4, 0.5) is 16.2 Å². The Morgan fingerprint density at radius 1 is 1.10 bits per heavy atom. The number of alkyl halides is 3. The molecule has 1 unspecified atom stereocenters. The number of amides is 3. The van der Waals surface area contributed by atoms with E-state index in [4.69, 9.17) is 58.0 Å². The molecule has 3 amide bonds. The van der Waals surface area contributed by atoms with Crippen molar-refractivity contribution in [3.63, 3.8) is 0 Å². The summed E-state index contributed by atoms with van der Waals surface area (Å²) in [5, 5.41) is 3.59. The Morgan fingerprint density at radius 2 is 1.77 bits per heavy atom. The van der Waals surface area contributed by atoms with Gasteiger partial charge in [-0.2, -0.15) is 0 Å². The second-order valence-electron chi connectivity index (χ2n) is 6.32. The lowest BCUT2D eigenvalue weighted by Crippen LogP contribution is -2.38. The van der Waals surface area contributed by atoms with Crippen LogP contribution in [0.5, 0.6) is 0 Å². The number of benzene rings is 2. The van der Waals surface area contributed by atoms with Gasteiger partial charge in [0.15, 0.2) is 6.17 Å². The van der Waals surface area contributed by atoms with Gasteiger partial charge in [0.05, 0.1) is 16.4 Å². The third-order valence-corrected chi connectivity index (χ3v) is 6.25. The average Bonchev–Trinajstić information content (AvgIpc) is 2.92. The first kappa shape index (κ1) is 24.3. The third-order valence-electron chi connectivity index (χ3n) is 4.30. The third kappa shape index (κ3) is 5.18. The number of rotatable bonds is 5. The lowest BCUT2D eigenvalue weighted by Gasteiger charge is -2.25. The summed E-state index contributed by atoms with van der Waals surface area (Å²) in [5.74, 6) is -0.827. The van der Waals surface area contributed by atoms with Gasteiger partial charge >= 0.3 is 6.03 Å². The topological polar surface area (TPSA) is 65.0 Å². The number of amidine groups is 1. The van der Waals surface area contributed by atoms with E-state index < -0.39 is 21.9 Å². The highest BCUT2D eigenvalue weighted by Gasteiger charge is 2.44. The summed E-state index contributed by atoms with van der Waals surface area (Å²) in [6.45, 7) is 0. The standard InChI is InChI=1S/C19H15Cl5N4O2S/c1-27-16(29)15(28(18(27)30)13-5-3-4-6-14(13)31-2)26-17(19(22,23)24)25-12-8-7-10(20)9-11(12)21/h3-9,17,25H,1-2H3. The molecule has 1 atom stereocenters. The number of carbonyl (C=O) groups is 2. The van der Waals surface area contributed by atoms with E-state index in [0.717, 1.165) is 9.80 Å². The van der Waals surface area contributed by atoms with Gasteiger partial charge in [0, 0.05) is 17.0 Å². The fraction of sp³-hybridized carbons (Fsp3) is 0.211. The van der Waals surface area contributed by atoms with Gasteiger partial charge in [-0.05, 0) is 36.6 Å². The van der Waals surface area contributed by atoms with Crippen LogP contribution >= 0.6 is 69.8 Å². The maximum atomic E-state index is 12.9. The average molecular weight is 541 g/mol. The molecular weight excluding hydrogens is 526 g/mol. The van der Waals surface area contributed by atoms with E-state index in [1.54, 1.807) is 24.3 Å². The van der Waals surface area contributed by atoms with E-state index >= 15 is 0 Å². The van der Waals surface area contributed by atoms with Crippen molar-refractivity contribution >= 4 is 98.9 Å². The summed E-state index contributed by atoms with van der Waals surface area (Å²) in [4.78, 5) is 33.0. The van der Waals surface area contributed by atoms with Crippen LogP contribution in [0, 0.1) is 0 Å². The van der Waals surface area contributed by atoms with Gasteiger partial charge in [0.1, 0.15) is 0 Å². The first-order chi connectivity index (χ1) is 14.5. The van der Waals surface area contributed by atoms with E-state index in [2.05, 4.69) is 10.3 Å². The number of imide groups is 1. The van der Waals surface area contributed by atoms with Crippen molar-refractivity contribution in [3.05, 3.63) is 52.5 Å². The van der Waals surface area contributed by atoms with Crippen molar-refractivity contribution in [2.45, 2.75) is 14.9 Å². The summed E-state index contributed by atoms with van der Waals surface area (Å²) in [6.07, 6.45) is 0.606. The first-order valence-electron chi connectivity index (χ1n) is 8.66. The number of carbonyl (C=O) groups excluding carboxylic acids is 2. The van der Waals surface area contributed by atoms with Crippen LogP contribution in [-0.4, -0.2) is 45.9 Å². The zero-order chi connectivity index (χ0) is 22.9. The van der Waals surface area contributed by atoms with Gasteiger partial charge in [0.25, 0.3) is 5.91 Å². The Bertz CT molecular complexity index is 1060. The minimum atomic E-state index is -1.98. The molecule has 1 fully saturated rings. The molecule has 0 aliphatic carbocycles. The Hall–Kier alpha value is -1.35. The molecule has 0 bridgehead atoms. The minimum absolute atomic E-state index is 0.192. The predicted molar refractivity (Wildman–Crippen MR) is 130 cm³/mol. The van der Waals surface area contributed by atoms with Crippen LogP contribution in [0.1, 0.15) is 0 Å². The van der Waals surface area contributed by atoms with Gasteiger partial charge in [-0.1, -0.05) is 70.1 Å². The largest absolute Gasteiger partial charge is 0.359 e. The summed E-state index contributed by atoms with van der Waals surface area (Å²) >= 11 is 32.0. The molecule has 1 N–H and O–H groups in total. The Labute approximate surface area is 208 Å². The molecule has 1 aliphatic rings. The van der Waals surface area contributed by atoms with Crippen molar-refractivity contribution in [1.29, 1.82) is 0 Å². The minimum Gasteiger partial charge on any atom is -0.359 e. The molecular formula is C19H15Cl5N4O2S. The number of hydrogen-bond acceptors (Lipinski definition) is 5. The molecule has 1 saturated heterocycles. The van der Waals surface area contributed by atoms with Crippen molar-refractivity contribution in [1.82, 2.24) is 4.90 Å². The molecule has 1 heterocycles. The highest BCUT2D eigenvalue weighted by atomic mass is 35.6. The quantitative estimate of drug-likeness (QED) is 0.274. The van der Waals surface area contributed by atoms with E-state index in [9.17, 15) is 9.59 Å². The van der Waals surface area contributed by atoms with Gasteiger partial charge in [0.2, 0.25) is 9.63 Å². The second kappa shape index (κ2) is 9.65. The molecule has 0 radical (unpaired) electrons. The van der Waals surface area contributed by atoms with Crippen LogP contribution in [0.3, 0.4) is 0 Å². The number of para-hydroxylation sites is 1. The van der Waals surface area contributed by atoms with Gasteiger partial charge in [-0.25, -0.2) is 14.7 Å². The molecule has 12 heteroatoms. The molecule has 3 rings (SSSR count). The Balaban J connectivity index is 2.10. The molecule has 0 aromatic heterocycles. The zero-order valence-electron chi connectivity index (χ0n) is 16.1. The van der Waals surface area contributed by atoms with E-state index in [-0.39, 0.29) is 10.9 Å². The SMILES string of the molecule is CSc1ccccc1N1C(=O)N(C)C(=O)C1=NC(Nc1ccc(Cl)cc1Cl)C(Cl)(Cl)Cl. The summed E-state index contributed by atoms with van der Waals surface area (Å²) in [5.41, 5.74) is 0.872. The van der Waals surface area contributed by atoms with Crippen LogP contribution in [0.25, 0.3) is 0 Å². The predicted octanol–water partition coefficient (Wildman–Crippen LogP) is 6.32. The number of likely N-dealkylation sites (N-methyl/N-ethyl adjacent to an activating group) is 1. The van der Waals surface area contributed by atoms with Crippen LogP contribution < -0.4 is 10.2 Å². The van der Waals surface area contributed by atoms with Crippen molar-refractivity contribution in [2.24, 2.45) is 4.99 Å². The number of hydrogen-bond donors (Lipinski definition) is 1. The lowest BCUT2D eigenvalue weighted by atomic mass is 10.3. The van der Waals surface area contributed by atoms with Crippen molar-refractivity contribution in [3.8, 4) is 0 Å². The molecule has 6 nitrogen and oxygen atoms in total. The van der Waals surface area contributed by atoms with E-state index in [1.807, 2.05) is 18.4 Å². The summed E-state index contributed by atoms with van der Waals surface area (Å²) in [6, 6.07) is 11.2. The van der Waals surface area contributed by atoms with Gasteiger partial charge < -0.3 is 5.32 Å². The number of thioether (sulfide) groups is 1. The number of nitrogens with zero attached hydrogens (tertiary/aromatic N) is 3. The van der Waals surface area contributed by atoms with Crippen molar-refractivity contribution in [2.75, 3.05) is 23.5 Å². The van der Waals surface area contributed by atoms with Crippen LogP contribution in [0.2, 0.25) is 10.0 Å². The van der Waals surface area contributed by atoms with Gasteiger partial charge in [-0.15, -0.1) is 11.8 Å². The Morgan fingerprint density at radius 3 is 2.39 bits per heavy atom. The smallest absolute Gasteiger partial charge is 0.337 e. The van der Waals surface area contributed by atoms with E-state index in [0.29, 0.717) is 16.4 Å². The number of aliphatic imine (C=N–C) groups is 1. The number of halogens is 5. The fourth-order valence-corrected chi connectivity index (χ4v) is 4.14. The maximum Gasteiger partial charge on any atom is 0.337 e. The fourth-order valence-electron chi connectivity index (χ4n) is 2.78. The molecule has 1 aliphatic heterocycles. The maximum absolute atomic E-state index is 12.9. The van der Waals surface area contributed by atoms with Crippen LogP contribution in [0.15, 0.2) is 52.4 Å². The molecule has 164 valence electrons. The molecule has 31 heavy (non-hydrogen) atoms. The molecule has 2 aromatic rings. The van der Waals surface area contributed by atoms with Crippen LogP contribution in [-0.2, 0) is 4.79 Å². The lowest BCUT2D eigenvalue weighted by molar-refractivity contribution is -0.119. The number of anilines is 2. The summed E-state index contributed by atoms with van der Waals surface area (Å²) < 4.78 is -1.98. The highest BCUT2D eigenvalue weighted by Crippen LogP contribution is 2.37. The number of urea groups is 1. The first-order valence-corrected chi connectivity index (χ1v) is 11.8.